The molecule has 0 bridgehead atoms. The number of rotatable bonds is 9. The number of Topliss-reactive ketones (excluding diaryl/α,β-unsaturated/α-hetero) is 2. The summed E-state index contributed by atoms with van der Waals surface area (Å²) in [7, 11) is 0. The maximum absolute atomic E-state index is 12.9. The Morgan fingerprint density at radius 3 is 2.35 bits per heavy atom. The van der Waals surface area contributed by atoms with Gasteiger partial charge in [0.2, 0.25) is 0 Å². The molecule has 4 nitrogen and oxygen atoms in total. The van der Waals surface area contributed by atoms with E-state index in [1.165, 1.54) is 6.92 Å². The number of hydrogen-bond donors (Lipinski definition) is 0. The van der Waals surface area contributed by atoms with E-state index in [2.05, 4.69) is 6.58 Å². The first-order valence-corrected chi connectivity index (χ1v) is 8.42. The highest BCUT2D eigenvalue weighted by molar-refractivity contribution is 6.14. The van der Waals surface area contributed by atoms with Gasteiger partial charge in [-0.05, 0) is 59.5 Å². The highest BCUT2D eigenvalue weighted by atomic mass is 16.7. The lowest BCUT2D eigenvalue weighted by Crippen LogP contribution is -2.48. The van der Waals surface area contributed by atoms with Crippen molar-refractivity contribution in [3.63, 3.8) is 0 Å². The molecule has 0 heterocycles. The van der Waals surface area contributed by atoms with Gasteiger partial charge < -0.3 is 9.47 Å². The van der Waals surface area contributed by atoms with E-state index in [0.29, 0.717) is 38.0 Å². The number of carbonyl (C=O) groups excluding carboxylic acids is 2. The molecule has 1 aliphatic carbocycles. The van der Waals surface area contributed by atoms with Gasteiger partial charge in [0.25, 0.3) is 0 Å². The normalized spacial score (nSPS) is 24.7. The third-order valence-electron chi connectivity index (χ3n) is 4.72. The summed E-state index contributed by atoms with van der Waals surface area (Å²) >= 11 is 0. The van der Waals surface area contributed by atoms with Crippen LogP contribution in [0.5, 0.6) is 0 Å². The highest BCUT2D eigenvalue weighted by Crippen LogP contribution is 2.46. The minimum atomic E-state index is -1.03. The molecule has 0 saturated carbocycles. The van der Waals surface area contributed by atoms with Crippen molar-refractivity contribution in [1.29, 1.82) is 0 Å². The first-order chi connectivity index (χ1) is 10.8. The molecule has 0 saturated heterocycles. The fourth-order valence-electron chi connectivity index (χ4n) is 3.52. The van der Waals surface area contributed by atoms with Gasteiger partial charge in [-0.2, -0.15) is 0 Å². The fourth-order valence-corrected chi connectivity index (χ4v) is 3.52. The molecule has 0 aromatic carbocycles. The van der Waals surface area contributed by atoms with Gasteiger partial charge in [-0.1, -0.05) is 18.2 Å². The average molecular weight is 322 g/mol. The van der Waals surface area contributed by atoms with Crippen molar-refractivity contribution < 1.29 is 19.1 Å². The largest absolute Gasteiger partial charge is 0.353 e. The van der Waals surface area contributed by atoms with Gasteiger partial charge in [0.15, 0.2) is 12.1 Å². The summed E-state index contributed by atoms with van der Waals surface area (Å²) in [5, 5.41) is 0. The zero-order valence-corrected chi connectivity index (χ0v) is 15.1. The summed E-state index contributed by atoms with van der Waals surface area (Å²) in [6.45, 7) is 14.1. The molecule has 0 amide bonds. The van der Waals surface area contributed by atoms with Crippen LogP contribution in [0.1, 0.15) is 53.9 Å². The Kier molecular flexibility index (Phi) is 7.36. The maximum Gasteiger partial charge on any atom is 0.172 e. The molecule has 4 heteroatoms. The third kappa shape index (κ3) is 4.18. The fraction of sp³-hybridized carbons (Fsp3) is 0.684. The Morgan fingerprint density at radius 1 is 1.35 bits per heavy atom. The molecule has 0 aromatic heterocycles. The van der Waals surface area contributed by atoms with Crippen LogP contribution in [0.2, 0.25) is 0 Å². The van der Waals surface area contributed by atoms with Gasteiger partial charge in [-0.15, -0.1) is 0 Å². The summed E-state index contributed by atoms with van der Waals surface area (Å²) in [5.41, 5.74) is 0.514. The number of allylic oxidation sites excluding steroid dienone is 3. The average Bonchev–Trinajstić information content (AvgIpc) is 2.48. The predicted octanol–water partition coefficient (Wildman–Crippen LogP) is 3.85. The van der Waals surface area contributed by atoms with Crippen molar-refractivity contribution in [3.8, 4) is 0 Å². The second-order valence-electron chi connectivity index (χ2n) is 6.26. The topological polar surface area (TPSA) is 52.6 Å². The highest BCUT2D eigenvalue weighted by Gasteiger charge is 2.51. The van der Waals surface area contributed by atoms with Gasteiger partial charge in [-0.25, -0.2) is 0 Å². The van der Waals surface area contributed by atoms with E-state index >= 15 is 0 Å². The minimum Gasteiger partial charge on any atom is -0.353 e. The zero-order valence-electron chi connectivity index (χ0n) is 15.1. The molecular formula is C19H30O4. The van der Waals surface area contributed by atoms with Crippen LogP contribution in [0, 0.1) is 11.3 Å². The first-order valence-electron chi connectivity index (χ1n) is 8.42. The van der Waals surface area contributed by atoms with Crippen LogP contribution in [0.25, 0.3) is 0 Å². The minimum absolute atomic E-state index is 0.0732. The van der Waals surface area contributed by atoms with Crippen LogP contribution in [0.3, 0.4) is 0 Å². The van der Waals surface area contributed by atoms with E-state index < -0.39 is 5.41 Å². The molecule has 1 aliphatic rings. The predicted molar refractivity (Wildman–Crippen MR) is 91.1 cm³/mol. The van der Waals surface area contributed by atoms with Crippen LogP contribution in [0.15, 0.2) is 23.8 Å². The summed E-state index contributed by atoms with van der Waals surface area (Å²) < 4.78 is 11.1. The Morgan fingerprint density at radius 2 is 1.91 bits per heavy atom. The van der Waals surface area contributed by atoms with E-state index in [1.807, 2.05) is 26.8 Å². The standard InChI is InChI=1S/C19H30O4/c1-7-22-17(23-8-2)11-12-19(15(6)20)16(13(3)4)10-9-14(5)18(19)21/h9,16-17H,3,7-8,10-12H2,1-2,4-6H3/t16-,19+/m1/s1. The summed E-state index contributed by atoms with van der Waals surface area (Å²) in [6, 6.07) is 0. The van der Waals surface area contributed by atoms with E-state index in [-0.39, 0.29) is 23.8 Å². The molecule has 0 aromatic rings. The number of carbonyl (C=O) groups is 2. The second kappa shape index (κ2) is 8.55. The van der Waals surface area contributed by atoms with Crippen molar-refractivity contribution >= 4 is 11.6 Å². The molecule has 0 aliphatic heterocycles. The maximum atomic E-state index is 12.9. The molecule has 0 radical (unpaired) electrons. The lowest BCUT2D eigenvalue weighted by molar-refractivity contribution is -0.153. The third-order valence-corrected chi connectivity index (χ3v) is 4.72. The number of ketones is 2. The number of ether oxygens (including phenoxy) is 2. The molecule has 0 N–H and O–H groups in total. The van der Waals surface area contributed by atoms with Gasteiger partial charge in [0.1, 0.15) is 5.78 Å². The molecule has 23 heavy (non-hydrogen) atoms. The molecule has 0 fully saturated rings. The lowest BCUT2D eigenvalue weighted by atomic mass is 9.59. The smallest absolute Gasteiger partial charge is 0.172 e. The molecular weight excluding hydrogens is 292 g/mol. The van der Waals surface area contributed by atoms with Crippen LogP contribution >= 0.6 is 0 Å². The zero-order chi connectivity index (χ0) is 17.6. The molecule has 0 unspecified atom stereocenters. The number of hydrogen-bond acceptors (Lipinski definition) is 4. The van der Waals surface area contributed by atoms with E-state index in [0.717, 1.165) is 5.57 Å². The van der Waals surface area contributed by atoms with Crippen molar-refractivity contribution in [2.45, 2.75) is 60.2 Å². The Bertz CT molecular complexity index is 486. The summed E-state index contributed by atoms with van der Waals surface area (Å²) in [5.74, 6) is -0.314. The van der Waals surface area contributed by atoms with Crippen LogP contribution in [-0.2, 0) is 19.1 Å². The molecule has 1 rings (SSSR count). The molecule has 2 atom stereocenters. The molecule has 130 valence electrons. The van der Waals surface area contributed by atoms with Gasteiger partial charge in [-0.3, -0.25) is 9.59 Å². The molecule has 0 spiro atoms. The van der Waals surface area contributed by atoms with Crippen molar-refractivity contribution in [1.82, 2.24) is 0 Å². The van der Waals surface area contributed by atoms with Crippen molar-refractivity contribution in [2.24, 2.45) is 11.3 Å². The van der Waals surface area contributed by atoms with Crippen molar-refractivity contribution in [3.05, 3.63) is 23.8 Å². The van der Waals surface area contributed by atoms with Gasteiger partial charge >= 0.3 is 0 Å². The lowest BCUT2D eigenvalue weighted by Gasteiger charge is -2.41. The quantitative estimate of drug-likeness (QED) is 0.367. The first kappa shape index (κ1) is 19.8. The van der Waals surface area contributed by atoms with Crippen LogP contribution < -0.4 is 0 Å². The van der Waals surface area contributed by atoms with Gasteiger partial charge in [0, 0.05) is 19.1 Å². The van der Waals surface area contributed by atoms with Crippen molar-refractivity contribution in [2.75, 3.05) is 13.2 Å². The second-order valence-corrected chi connectivity index (χ2v) is 6.26. The van der Waals surface area contributed by atoms with Gasteiger partial charge in [0.05, 0.1) is 5.41 Å². The summed E-state index contributed by atoms with van der Waals surface area (Å²) in [6.07, 6.45) is 3.16. The SMILES string of the molecule is C=C(C)[C@H]1CC=C(C)C(=O)[C@@]1(CCC(OCC)OCC)C(C)=O. The van der Waals surface area contributed by atoms with E-state index in [9.17, 15) is 9.59 Å². The Labute approximate surface area is 139 Å². The Hall–Kier alpha value is -1.26. The van der Waals surface area contributed by atoms with E-state index in [4.69, 9.17) is 9.47 Å². The summed E-state index contributed by atoms with van der Waals surface area (Å²) in [4.78, 5) is 25.5. The van der Waals surface area contributed by atoms with Crippen LogP contribution in [-0.4, -0.2) is 31.1 Å². The monoisotopic (exact) mass is 322 g/mol. The van der Waals surface area contributed by atoms with E-state index in [1.54, 1.807) is 6.92 Å². The Balaban J connectivity index is 3.12. The van der Waals surface area contributed by atoms with Crippen LogP contribution in [0.4, 0.5) is 0 Å².